The zero-order chi connectivity index (χ0) is 17.4. The summed E-state index contributed by atoms with van der Waals surface area (Å²) in [6.07, 6.45) is 3.37. The lowest BCUT2D eigenvalue weighted by Crippen LogP contribution is -2.40. The first-order valence-corrected chi connectivity index (χ1v) is 9.00. The molecule has 0 radical (unpaired) electrons. The summed E-state index contributed by atoms with van der Waals surface area (Å²) in [7, 11) is 1.76. The summed E-state index contributed by atoms with van der Waals surface area (Å²) < 4.78 is 6.99. The lowest BCUT2D eigenvalue weighted by Gasteiger charge is -2.31. The maximum atomic E-state index is 13.0. The topological polar surface area (TPSA) is 64.4 Å². The smallest absolute Gasteiger partial charge is 0.261 e. The van der Waals surface area contributed by atoms with Gasteiger partial charge in [0.25, 0.3) is 5.56 Å². The second kappa shape index (κ2) is 6.59. The van der Waals surface area contributed by atoms with E-state index in [4.69, 9.17) is 9.72 Å². The van der Waals surface area contributed by atoms with Crippen LogP contribution < -0.4 is 5.56 Å². The number of carbonyl (C=O) groups is 1. The summed E-state index contributed by atoms with van der Waals surface area (Å²) in [4.78, 5) is 32.4. The Balaban J connectivity index is 1.70. The Morgan fingerprint density at radius 3 is 2.76 bits per heavy atom. The Morgan fingerprint density at radius 1 is 1.20 bits per heavy atom. The number of fused-ring (bicyclic) bond motifs is 1. The first-order chi connectivity index (χ1) is 12.2. The van der Waals surface area contributed by atoms with Crippen LogP contribution in [0.1, 0.15) is 37.5 Å². The van der Waals surface area contributed by atoms with Crippen molar-refractivity contribution in [3.63, 3.8) is 0 Å². The fourth-order valence-electron chi connectivity index (χ4n) is 4.01. The molecule has 1 amide bonds. The highest BCUT2D eigenvalue weighted by Crippen LogP contribution is 2.33. The van der Waals surface area contributed by atoms with E-state index in [-0.39, 0.29) is 23.4 Å². The van der Waals surface area contributed by atoms with Crippen molar-refractivity contribution in [3.8, 4) is 0 Å². The zero-order valence-electron chi connectivity index (χ0n) is 14.5. The summed E-state index contributed by atoms with van der Waals surface area (Å²) in [5.74, 6) is 0.918. The molecule has 2 fully saturated rings. The van der Waals surface area contributed by atoms with Gasteiger partial charge in [0, 0.05) is 32.7 Å². The van der Waals surface area contributed by atoms with E-state index < -0.39 is 0 Å². The van der Waals surface area contributed by atoms with Crippen LogP contribution in [0.15, 0.2) is 29.1 Å². The van der Waals surface area contributed by atoms with E-state index in [2.05, 4.69) is 0 Å². The number of likely N-dealkylation sites (tertiary alicyclic amines) is 1. The second-order valence-electron chi connectivity index (χ2n) is 6.93. The number of ether oxygens (including phenoxy) is 1. The number of para-hydroxylation sites is 1. The molecule has 1 atom stereocenters. The van der Waals surface area contributed by atoms with Crippen LogP contribution >= 0.6 is 0 Å². The van der Waals surface area contributed by atoms with Crippen LogP contribution in [-0.2, 0) is 16.6 Å². The van der Waals surface area contributed by atoms with Gasteiger partial charge in [-0.05, 0) is 37.8 Å². The third-order valence-corrected chi connectivity index (χ3v) is 5.42. The minimum absolute atomic E-state index is 0.0341. The molecular weight excluding hydrogens is 318 g/mol. The highest BCUT2D eigenvalue weighted by molar-refractivity contribution is 5.80. The molecule has 2 aliphatic rings. The van der Waals surface area contributed by atoms with Gasteiger partial charge in [0.1, 0.15) is 5.82 Å². The normalized spacial score (nSPS) is 21.8. The molecule has 6 nitrogen and oxygen atoms in total. The number of nitrogens with zero attached hydrogens (tertiary/aromatic N) is 3. The van der Waals surface area contributed by atoms with E-state index in [1.807, 2.05) is 23.1 Å². The number of rotatable bonds is 2. The molecule has 1 aromatic heterocycles. The van der Waals surface area contributed by atoms with E-state index >= 15 is 0 Å². The molecule has 1 aromatic carbocycles. The van der Waals surface area contributed by atoms with Crippen molar-refractivity contribution < 1.29 is 9.53 Å². The average Bonchev–Trinajstić information content (AvgIpc) is 3.14. The van der Waals surface area contributed by atoms with E-state index in [9.17, 15) is 9.59 Å². The summed E-state index contributed by atoms with van der Waals surface area (Å²) in [6.45, 7) is 2.05. The van der Waals surface area contributed by atoms with E-state index in [0.717, 1.165) is 32.2 Å². The first-order valence-electron chi connectivity index (χ1n) is 9.00. The fourth-order valence-corrected chi connectivity index (χ4v) is 4.01. The van der Waals surface area contributed by atoms with Gasteiger partial charge in [0.2, 0.25) is 5.91 Å². The lowest BCUT2D eigenvalue weighted by atomic mass is 9.98. The minimum Gasteiger partial charge on any atom is -0.381 e. The predicted molar refractivity (Wildman–Crippen MR) is 94.2 cm³/mol. The third-order valence-electron chi connectivity index (χ3n) is 5.42. The number of hydrogen-bond donors (Lipinski definition) is 0. The van der Waals surface area contributed by atoms with Gasteiger partial charge in [-0.25, -0.2) is 4.98 Å². The summed E-state index contributed by atoms with van der Waals surface area (Å²) >= 11 is 0. The third kappa shape index (κ3) is 2.84. The Labute approximate surface area is 146 Å². The SMILES string of the molecule is Cn1c(C2CCCN2C(=O)C2CCOCC2)nc2ccccc2c1=O. The van der Waals surface area contributed by atoms with Gasteiger partial charge in [-0.3, -0.25) is 14.2 Å². The molecule has 2 aromatic rings. The maximum absolute atomic E-state index is 13.0. The number of aromatic nitrogens is 2. The van der Waals surface area contributed by atoms with Crippen LogP contribution in [0, 0.1) is 5.92 Å². The monoisotopic (exact) mass is 341 g/mol. The quantitative estimate of drug-likeness (QED) is 0.838. The number of amides is 1. The standard InChI is InChI=1S/C19H23N3O3/c1-21-17(20-15-6-3-2-5-14(15)19(21)24)16-7-4-10-22(16)18(23)13-8-11-25-12-9-13/h2-3,5-6,13,16H,4,7-12H2,1H3. The molecule has 0 N–H and O–H groups in total. The highest BCUT2D eigenvalue weighted by atomic mass is 16.5. The average molecular weight is 341 g/mol. The molecule has 6 heteroatoms. The van der Waals surface area contributed by atoms with Crippen LogP contribution in [0.3, 0.4) is 0 Å². The van der Waals surface area contributed by atoms with Gasteiger partial charge >= 0.3 is 0 Å². The van der Waals surface area contributed by atoms with Crippen molar-refractivity contribution >= 4 is 16.8 Å². The molecule has 3 heterocycles. The van der Waals surface area contributed by atoms with Crippen molar-refractivity contribution in [2.24, 2.45) is 13.0 Å². The predicted octanol–water partition coefficient (Wildman–Crippen LogP) is 2.02. The molecule has 0 spiro atoms. The van der Waals surface area contributed by atoms with E-state index in [1.54, 1.807) is 17.7 Å². The van der Waals surface area contributed by atoms with Gasteiger partial charge in [0.05, 0.1) is 16.9 Å². The van der Waals surface area contributed by atoms with Crippen molar-refractivity contribution in [2.75, 3.05) is 19.8 Å². The van der Waals surface area contributed by atoms with Crippen LogP contribution in [0.4, 0.5) is 0 Å². The van der Waals surface area contributed by atoms with Crippen LogP contribution in [0.25, 0.3) is 10.9 Å². The van der Waals surface area contributed by atoms with Crippen molar-refractivity contribution in [2.45, 2.75) is 31.7 Å². The van der Waals surface area contributed by atoms with E-state index in [0.29, 0.717) is 29.9 Å². The van der Waals surface area contributed by atoms with E-state index in [1.165, 1.54) is 0 Å². The molecular formula is C19H23N3O3. The van der Waals surface area contributed by atoms with Crippen molar-refractivity contribution in [1.29, 1.82) is 0 Å². The van der Waals surface area contributed by atoms with Crippen LogP contribution in [0.5, 0.6) is 0 Å². The first kappa shape index (κ1) is 16.3. The van der Waals surface area contributed by atoms with Gasteiger partial charge < -0.3 is 9.64 Å². The van der Waals surface area contributed by atoms with Crippen molar-refractivity contribution in [1.82, 2.24) is 14.5 Å². The molecule has 132 valence electrons. The fraction of sp³-hybridized carbons (Fsp3) is 0.526. The molecule has 0 saturated carbocycles. The van der Waals surface area contributed by atoms with Crippen molar-refractivity contribution in [3.05, 3.63) is 40.4 Å². The Morgan fingerprint density at radius 2 is 1.96 bits per heavy atom. The molecule has 0 bridgehead atoms. The number of carbonyl (C=O) groups excluding carboxylic acids is 1. The zero-order valence-corrected chi connectivity index (χ0v) is 14.5. The number of hydrogen-bond acceptors (Lipinski definition) is 4. The Kier molecular flexibility index (Phi) is 4.29. The van der Waals surface area contributed by atoms with Crippen LogP contribution in [0.2, 0.25) is 0 Å². The molecule has 2 aliphatic heterocycles. The Bertz CT molecular complexity index is 855. The molecule has 2 saturated heterocycles. The summed E-state index contributed by atoms with van der Waals surface area (Å²) in [5.41, 5.74) is 0.650. The lowest BCUT2D eigenvalue weighted by molar-refractivity contribution is -0.139. The second-order valence-corrected chi connectivity index (χ2v) is 6.93. The summed E-state index contributed by atoms with van der Waals surface area (Å²) in [5, 5.41) is 0.619. The Hall–Kier alpha value is -2.21. The van der Waals surface area contributed by atoms with Gasteiger partial charge in [0.15, 0.2) is 0 Å². The highest BCUT2D eigenvalue weighted by Gasteiger charge is 2.36. The molecule has 25 heavy (non-hydrogen) atoms. The molecule has 0 aliphatic carbocycles. The summed E-state index contributed by atoms with van der Waals surface area (Å²) in [6, 6.07) is 7.28. The largest absolute Gasteiger partial charge is 0.381 e. The number of benzene rings is 1. The minimum atomic E-state index is -0.113. The van der Waals surface area contributed by atoms with Gasteiger partial charge in [-0.1, -0.05) is 12.1 Å². The molecule has 1 unspecified atom stereocenters. The molecule has 4 rings (SSSR count). The maximum Gasteiger partial charge on any atom is 0.261 e. The van der Waals surface area contributed by atoms with Gasteiger partial charge in [-0.15, -0.1) is 0 Å². The van der Waals surface area contributed by atoms with Gasteiger partial charge in [-0.2, -0.15) is 0 Å². The van der Waals surface area contributed by atoms with Crippen LogP contribution in [-0.4, -0.2) is 40.1 Å².